The molecule has 0 aliphatic rings. The number of pyridine rings is 1. The maximum absolute atomic E-state index is 12.3. The largest absolute Gasteiger partial charge is 0.478 e. The molecule has 0 radical (unpaired) electrons. The summed E-state index contributed by atoms with van der Waals surface area (Å²) in [6.45, 7) is 5.31. The van der Waals surface area contributed by atoms with Gasteiger partial charge in [0, 0.05) is 11.2 Å². The third kappa shape index (κ3) is 3.95. The van der Waals surface area contributed by atoms with Gasteiger partial charge in [-0.1, -0.05) is 11.6 Å². The lowest BCUT2D eigenvalue weighted by Gasteiger charge is -2.25. The minimum atomic E-state index is -1.02. The highest BCUT2D eigenvalue weighted by Crippen LogP contribution is 2.25. The molecule has 0 fully saturated rings. The van der Waals surface area contributed by atoms with Crippen molar-refractivity contribution in [1.82, 2.24) is 4.98 Å². The number of aryl methyl sites for hydroxylation is 1. The maximum atomic E-state index is 12.3. The number of hydrogen-bond acceptors (Lipinski definition) is 3. The van der Waals surface area contributed by atoms with Gasteiger partial charge in [0.25, 0.3) is 5.91 Å². The zero-order chi connectivity index (χ0) is 15.5. The first-order valence-corrected chi connectivity index (χ1v) is 6.93. The Morgan fingerprint density at radius 3 is 2.71 bits per heavy atom. The Labute approximate surface area is 129 Å². The van der Waals surface area contributed by atoms with Gasteiger partial charge in [-0.05, 0) is 56.7 Å². The van der Waals surface area contributed by atoms with Gasteiger partial charge in [0.1, 0.15) is 5.75 Å². The lowest BCUT2D eigenvalue weighted by Crippen LogP contribution is -2.42. The van der Waals surface area contributed by atoms with E-state index in [1.165, 1.54) is 0 Å². The second-order valence-corrected chi connectivity index (χ2v) is 5.63. The second kappa shape index (κ2) is 6.14. The number of nitrogens with zero attached hydrogens (tertiary/aromatic N) is 1. The van der Waals surface area contributed by atoms with Crippen molar-refractivity contribution in [3.63, 3.8) is 0 Å². The molecule has 5 heteroatoms. The quantitative estimate of drug-likeness (QED) is 0.933. The van der Waals surface area contributed by atoms with E-state index in [4.69, 9.17) is 16.3 Å². The summed E-state index contributed by atoms with van der Waals surface area (Å²) in [6, 6.07) is 8.83. The molecular weight excluding hydrogens is 288 g/mol. The van der Waals surface area contributed by atoms with E-state index in [0.717, 1.165) is 5.56 Å². The molecule has 2 aromatic rings. The number of carbonyl (C=O) groups is 1. The summed E-state index contributed by atoms with van der Waals surface area (Å²) in [5.41, 5.74) is 0.514. The molecule has 1 amide bonds. The van der Waals surface area contributed by atoms with E-state index in [0.29, 0.717) is 16.5 Å². The normalized spacial score (nSPS) is 11.0. The molecule has 1 aromatic carbocycles. The highest BCUT2D eigenvalue weighted by molar-refractivity contribution is 6.31. The first-order chi connectivity index (χ1) is 9.88. The Morgan fingerprint density at radius 1 is 1.33 bits per heavy atom. The topological polar surface area (TPSA) is 51.2 Å². The van der Waals surface area contributed by atoms with Crippen LogP contribution >= 0.6 is 11.6 Å². The SMILES string of the molecule is Cc1cc(OC(C)(C)C(=O)Nc2cccnc2)ccc1Cl. The van der Waals surface area contributed by atoms with Crippen molar-refractivity contribution in [2.75, 3.05) is 5.32 Å². The van der Waals surface area contributed by atoms with Gasteiger partial charge in [0.2, 0.25) is 0 Å². The first-order valence-electron chi connectivity index (χ1n) is 6.55. The number of halogens is 1. The molecule has 1 N–H and O–H groups in total. The van der Waals surface area contributed by atoms with Gasteiger partial charge in [-0.15, -0.1) is 0 Å². The van der Waals surface area contributed by atoms with Crippen molar-refractivity contribution in [2.45, 2.75) is 26.4 Å². The number of nitrogens with one attached hydrogen (secondary N) is 1. The van der Waals surface area contributed by atoms with Crippen molar-refractivity contribution in [3.05, 3.63) is 53.3 Å². The fraction of sp³-hybridized carbons (Fsp3) is 0.250. The second-order valence-electron chi connectivity index (χ2n) is 5.22. The Morgan fingerprint density at radius 2 is 2.10 bits per heavy atom. The minimum absolute atomic E-state index is 0.247. The Hall–Kier alpha value is -2.07. The van der Waals surface area contributed by atoms with Gasteiger partial charge in [0.15, 0.2) is 5.60 Å². The monoisotopic (exact) mass is 304 g/mol. The number of benzene rings is 1. The summed E-state index contributed by atoms with van der Waals surface area (Å²) in [4.78, 5) is 16.3. The Balaban J connectivity index is 2.10. The van der Waals surface area contributed by atoms with Crippen LogP contribution in [0.15, 0.2) is 42.7 Å². The van der Waals surface area contributed by atoms with E-state index < -0.39 is 5.60 Å². The van der Waals surface area contributed by atoms with Gasteiger partial charge >= 0.3 is 0 Å². The summed E-state index contributed by atoms with van der Waals surface area (Å²) in [5.74, 6) is 0.353. The lowest BCUT2D eigenvalue weighted by molar-refractivity contribution is -0.128. The van der Waals surface area contributed by atoms with Gasteiger partial charge in [-0.2, -0.15) is 0 Å². The summed E-state index contributed by atoms with van der Waals surface area (Å²) in [5, 5.41) is 3.44. The fourth-order valence-electron chi connectivity index (χ4n) is 1.74. The van der Waals surface area contributed by atoms with Crippen LogP contribution in [0.2, 0.25) is 5.02 Å². The van der Waals surface area contributed by atoms with E-state index in [9.17, 15) is 4.79 Å². The molecule has 0 unspecified atom stereocenters. The van der Waals surface area contributed by atoms with Crippen LogP contribution in [0.1, 0.15) is 19.4 Å². The number of hydrogen-bond donors (Lipinski definition) is 1. The van der Waals surface area contributed by atoms with Crippen LogP contribution < -0.4 is 10.1 Å². The number of amides is 1. The average Bonchev–Trinajstić information content (AvgIpc) is 2.43. The Bertz CT molecular complexity index is 642. The highest BCUT2D eigenvalue weighted by atomic mass is 35.5. The first kappa shape index (κ1) is 15.3. The zero-order valence-electron chi connectivity index (χ0n) is 12.2. The molecule has 2 rings (SSSR count). The van der Waals surface area contributed by atoms with Crippen LogP contribution in [0, 0.1) is 6.92 Å². The van der Waals surface area contributed by atoms with Crippen LogP contribution in [-0.2, 0) is 4.79 Å². The van der Waals surface area contributed by atoms with E-state index >= 15 is 0 Å². The smallest absolute Gasteiger partial charge is 0.268 e. The number of carbonyl (C=O) groups excluding carboxylic acids is 1. The van der Waals surface area contributed by atoms with Crippen molar-refractivity contribution in [2.24, 2.45) is 0 Å². The zero-order valence-corrected chi connectivity index (χ0v) is 12.9. The molecule has 1 heterocycles. The van der Waals surface area contributed by atoms with Crippen molar-refractivity contribution >= 4 is 23.2 Å². The molecule has 0 saturated carbocycles. The van der Waals surface area contributed by atoms with Crippen molar-refractivity contribution in [1.29, 1.82) is 0 Å². The molecular formula is C16H17ClN2O2. The van der Waals surface area contributed by atoms with Gasteiger partial charge < -0.3 is 10.1 Å². The molecule has 110 valence electrons. The van der Waals surface area contributed by atoms with Crippen LogP contribution in [0.25, 0.3) is 0 Å². The van der Waals surface area contributed by atoms with Crippen LogP contribution in [0.4, 0.5) is 5.69 Å². The molecule has 0 spiro atoms. The third-order valence-corrected chi connectivity index (χ3v) is 3.39. The van der Waals surface area contributed by atoms with Crippen molar-refractivity contribution < 1.29 is 9.53 Å². The van der Waals surface area contributed by atoms with Crippen LogP contribution in [0.5, 0.6) is 5.75 Å². The molecule has 0 aliphatic heterocycles. The van der Waals surface area contributed by atoms with E-state index in [1.807, 2.05) is 6.92 Å². The van der Waals surface area contributed by atoms with Crippen molar-refractivity contribution in [3.8, 4) is 5.75 Å². The molecule has 0 atom stereocenters. The maximum Gasteiger partial charge on any atom is 0.268 e. The lowest BCUT2D eigenvalue weighted by atomic mass is 10.1. The number of ether oxygens (including phenoxy) is 1. The molecule has 0 bridgehead atoms. The Kier molecular flexibility index (Phi) is 4.48. The molecule has 21 heavy (non-hydrogen) atoms. The number of rotatable bonds is 4. The molecule has 1 aromatic heterocycles. The van der Waals surface area contributed by atoms with Gasteiger partial charge in [-0.3, -0.25) is 9.78 Å². The van der Waals surface area contributed by atoms with Crippen LogP contribution in [0.3, 0.4) is 0 Å². The molecule has 0 saturated heterocycles. The van der Waals surface area contributed by atoms with Crippen LogP contribution in [-0.4, -0.2) is 16.5 Å². The predicted octanol–water partition coefficient (Wildman–Crippen LogP) is 3.84. The van der Waals surface area contributed by atoms with E-state index in [2.05, 4.69) is 10.3 Å². The molecule has 0 aliphatic carbocycles. The van der Waals surface area contributed by atoms with Gasteiger partial charge in [0.05, 0.1) is 11.9 Å². The summed E-state index contributed by atoms with van der Waals surface area (Å²) in [7, 11) is 0. The molecule has 4 nitrogen and oxygen atoms in total. The predicted molar refractivity (Wildman–Crippen MR) is 83.8 cm³/mol. The number of aromatic nitrogens is 1. The summed E-state index contributed by atoms with van der Waals surface area (Å²) >= 11 is 5.98. The average molecular weight is 305 g/mol. The van der Waals surface area contributed by atoms with Gasteiger partial charge in [-0.25, -0.2) is 0 Å². The minimum Gasteiger partial charge on any atom is -0.478 e. The summed E-state index contributed by atoms with van der Waals surface area (Å²) in [6.07, 6.45) is 3.23. The third-order valence-electron chi connectivity index (χ3n) is 2.97. The van der Waals surface area contributed by atoms with E-state index in [-0.39, 0.29) is 5.91 Å². The summed E-state index contributed by atoms with van der Waals surface area (Å²) < 4.78 is 5.78. The van der Waals surface area contributed by atoms with E-state index in [1.54, 1.807) is 56.6 Å². The standard InChI is InChI=1S/C16H17ClN2O2/c1-11-9-13(6-7-14(11)17)21-16(2,3)15(20)19-12-5-4-8-18-10-12/h4-10H,1-3H3,(H,19,20). The number of anilines is 1. The highest BCUT2D eigenvalue weighted by Gasteiger charge is 2.30. The fourth-order valence-corrected chi connectivity index (χ4v) is 1.86.